The topological polar surface area (TPSA) is 86.8 Å². The van der Waals surface area contributed by atoms with Crippen molar-refractivity contribution in [2.24, 2.45) is 0 Å². The zero-order valence-corrected chi connectivity index (χ0v) is 25.9. The molecule has 0 aliphatic rings. The molecule has 0 unspecified atom stereocenters. The smallest absolute Gasteiger partial charge is 0.264 e. The Morgan fingerprint density at radius 3 is 2.03 bits per heavy atom. The van der Waals surface area contributed by atoms with Gasteiger partial charge >= 0.3 is 0 Å². The SMILES string of the molecule is Cc1ccc(S(=O)(=O)N(CC(=O)N(Cc2c(Cl)cccc2Cl)[C@H](C)C(=O)NC(C)C)c2ccc(Br)cc2)cc1. The second-order valence-electron chi connectivity index (χ2n) is 9.36. The molecule has 2 amide bonds. The van der Waals surface area contributed by atoms with Crippen LogP contribution in [0.1, 0.15) is 31.9 Å². The van der Waals surface area contributed by atoms with Gasteiger partial charge in [0.15, 0.2) is 0 Å². The van der Waals surface area contributed by atoms with Gasteiger partial charge in [0, 0.05) is 32.7 Å². The second-order valence-corrected chi connectivity index (χ2v) is 13.0. The van der Waals surface area contributed by atoms with Gasteiger partial charge in [-0.3, -0.25) is 13.9 Å². The maximum atomic E-state index is 13.9. The van der Waals surface area contributed by atoms with Crippen molar-refractivity contribution in [3.63, 3.8) is 0 Å². The highest BCUT2D eigenvalue weighted by Gasteiger charge is 2.33. The molecule has 0 aliphatic carbocycles. The zero-order chi connectivity index (χ0) is 28.9. The molecule has 11 heteroatoms. The van der Waals surface area contributed by atoms with Gasteiger partial charge in [0.25, 0.3) is 10.0 Å². The van der Waals surface area contributed by atoms with Crippen LogP contribution in [0, 0.1) is 6.92 Å². The second kappa shape index (κ2) is 13.2. The molecule has 0 spiro atoms. The number of halogens is 3. The largest absolute Gasteiger partial charge is 0.352 e. The molecule has 0 radical (unpaired) electrons. The molecule has 1 atom stereocenters. The van der Waals surface area contributed by atoms with Crippen molar-refractivity contribution in [1.82, 2.24) is 10.2 Å². The molecule has 208 valence electrons. The summed E-state index contributed by atoms with van der Waals surface area (Å²) in [5.74, 6) is -0.992. The first-order chi connectivity index (χ1) is 18.3. The highest BCUT2D eigenvalue weighted by atomic mass is 79.9. The minimum atomic E-state index is -4.15. The normalized spacial score (nSPS) is 12.2. The van der Waals surface area contributed by atoms with E-state index in [9.17, 15) is 18.0 Å². The third-order valence-electron chi connectivity index (χ3n) is 5.99. The van der Waals surface area contributed by atoms with E-state index in [1.807, 2.05) is 20.8 Å². The number of hydrogen-bond acceptors (Lipinski definition) is 4. The number of nitrogens with one attached hydrogen (secondary N) is 1. The van der Waals surface area contributed by atoms with Crippen molar-refractivity contribution in [1.29, 1.82) is 0 Å². The van der Waals surface area contributed by atoms with Crippen LogP contribution in [0.4, 0.5) is 5.69 Å². The fraction of sp³-hybridized carbons (Fsp3) is 0.286. The van der Waals surface area contributed by atoms with Crippen molar-refractivity contribution in [3.05, 3.63) is 92.4 Å². The van der Waals surface area contributed by atoms with E-state index in [-0.39, 0.29) is 17.5 Å². The quantitative estimate of drug-likeness (QED) is 0.282. The summed E-state index contributed by atoms with van der Waals surface area (Å²) in [5.41, 5.74) is 1.64. The molecule has 0 saturated heterocycles. The van der Waals surface area contributed by atoms with Crippen LogP contribution in [0.3, 0.4) is 0 Å². The maximum Gasteiger partial charge on any atom is 0.264 e. The van der Waals surface area contributed by atoms with Crippen LogP contribution in [0.5, 0.6) is 0 Å². The van der Waals surface area contributed by atoms with E-state index < -0.39 is 34.4 Å². The number of hydrogen-bond donors (Lipinski definition) is 1. The van der Waals surface area contributed by atoms with Crippen molar-refractivity contribution in [2.45, 2.75) is 51.2 Å². The molecule has 0 aromatic heterocycles. The summed E-state index contributed by atoms with van der Waals surface area (Å²) in [5, 5.41) is 3.46. The van der Waals surface area contributed by atoms with Gasteiger partial charge < -0.3 is 10.2 Å². The van der Waals surface area contributed by atoms with E-state index in [4.69, 9.17) is 23.2 Å². The number of rotatable bonds is 10. The van der Waals surface area contributed by atoms with Gasteiger partial charge in [-0.05, 0) is 76.2 Å². The maximum absolute atomic E-state index is 13.9. The lowest BCUT2D eigenvalue weighted by Crippen LogP contribution is -2.52. The van der Waals surface area contributed by atoms with E-state index in [1.54, 1.807) is 61.5 Å². The Balaban J connectivity index is 2.06. The lowest BCUT2D eigenvalue weighted by Gasteiger charge is -2.32. The van der Waals surface area contributed by atoms with Gasteiger partial charge in [-0.25, -0.2) is 8.42 Å². The molecule has 3 rings (SSSR count). The summed E-state index contributed by atoms with van der Waals surface area (Å²) in [6.45, 7) is 6.41. The highest BCUT2D eigenvalue weighted by molar-refractivity contribution is 9.10. The van der Waals surface area contributed by atoms with Crippen LogP contribution in [-0.2, 0) is 26.2 Å². The molecule has 0 saturated carbocycles. The fourth-order valence-electron chi connectivity index (χ4n) is 3.82. The Kier molecular flexibility index (Phi) is 10.5. The molecular weight excluding hydrogens is 625 g/mol. The highest BCUT2D eigenvalue weighted by Crippen LogP contribution is 2.29. The molecule has 39 heavy (non-hydrogen) atoms. The summed E-state index contributed by atoms with van der Waals surface area (Å²) in [7, 11) is -4.15. The molecular formula is C28H30BrCl2N3O4S. The lowest BCUT2D eigenvalue weighted by atomic mass is 10.1. The molecule has 0 fully saturated rings. The zero-order valence-electron chi connectivity index (χ0n) is 22.0. The van der Waals surface area contributed by atoms with Gasteiger partial charge in [0.2, 0.25) is 11.8 Å². The Hall–Kier alpha value is -2.59. The number of carbonyl (C=O) groups excluding carboxylic acids is 2. The van der Waals surface area contributed by atoms with Crippen molar-refractivity contribution < 1.29 is 18.0 Å². The first kappa shape index (κ1) is 30.9. The number of benzene rings is 3. The van der Waals surface area contributed by atoms with E-state index in [2.05, 4.69) is 21.2 Å². The number of carbonyl (C=O) groups is 2. The summed E-state index contributed by atoms with van der Waals surface area (Å²) < 4.78 is 29.4. The fourth-order valence-corrected chi connectivity index (χ4v) is 6.01. The Morgan fingerprint density at radius 1 is 0.923 bits per heavy atom. The van der Waals surface area contributed by atoms with Crippen LogP contribution in [0.15, 0.2) is 76.1 Å². The first-order valence-electron chi connectivity index (χ1n) is 12.2. The van der Waals surface area contributed by atoms with Crippen LogP contribution < -0.4 is 9.62 Å². The minimum absolute atomic E-state index is 0.0371. The molecule has 1 N–H and O–H groups in total. The van der Waals surface area contributed by atoms with Gasteiger partial charge in [0.05, 0.1) is 10.6 Å². The summed E-state index contributed by atoms with van der Waals surface area (Å²) in [6.07, 6.45) is 0. The Bertz CT molecular complexity index is 1410. The van der Waals surface area contributed by atoms with Crippen molar-refractivity contribution in [3.8, 4) is 0 Å². The third kappa shape index (κ3) is 7.75. The van der Waals surface area contributed by atoms with Crippen LogP contribution in [0.25, 0.3) is 0 Å². The third-order valence-corrected chi connectivity index (χ3v) is 9.02. The predicted octanol–water partition coefficient (Wildman–Crippen LogP) is 6.20. The Labute approximate surface area is 248 Å². The molecule has 3 aromatic carbocycles. The van der Waals surface area contributed by atoms with Gasteiger partial charge in [-0.2, -0.15) is 0 Å². The van der Waals surface area contributed by atoms with Crippen LogP contribution in [-0.4, -0.2) is 43.8 Å². The monoisotopic (exact) mass is 653 g/mol. The summed E-state index contributed by atoms with van der Waals surface area (Å²) in [4.78, 5) is 28.3. The summed E-state index contributed by atoms with van der Waals surface area (Å²) in [6, 6.07) is 16.8. The van der Waals surface area contributed by atoms with E-state index in [0.29, 0.717) is 21.3 Å². The number of aryl methyl sites for hydroxylation is 1. The van der Waals surface area contributed by atoms with E-state index >= 15 is 0 Å². The predicted molar refractivity (Wildman–Crippen MR) is 160 cm³/mol. The number of amides is 2. The minimum Gasteiger partial charge on any atom is -0.352 e. The number of sulfonamides is 1. The van der Waals surface area contributed by atoms with Crippen LogP contribution >= 0.6 is 39.1 Å². The first-order valence-corrected chi connectivity index (χ1v) is 15.2. The van der Waals surface area contributed by atoms with Gasteiger partial charge in [0.1, 0.15) is 12.6 Å². The lowest BCUT2D eigenvalue weighted by molar-refractivity contribution is -0.139. The molecule has 0 aliphatic heterocycles. The van der Waals surface area contributed by atoms with Crippen LogP contribution in [0.2, 0.25) is 10.0 Å². The molecule has 0 bridgehead atoms. The average molecular weight is 655 g/mol. The average Bonchev–Trinajstić information content (AvgIpc) is 2.87. The molecule has 0 heterocycles. The molecule has 3 aromatic rings. The number of anilines is 1. The van der Waals surface area contributed by atoms with Gasteiger partial charge in [-0.15, -0.1) is 0 Å². The van der Waals surface area contributed by atoms with Crippen molar-refractivity contribution in [2.75, 3.05) is 10.8 Å². The van der Waals surface area contributed by atoms with E-state index in [0.717, 1.165) is 14.3 Å². The van der Waals surface area contributed by atoms with Crippen molar-refractivity contribution >= 4 is 66.7 Å². The molecule has 7 nitrogen and oxygen atoms in total. The van der Waals surface area contributed by atoms with Gasteiger partial charge in [-0.1, -0.05) is 62.9 Å². The van der Waals surface area contributed by atoms with E-state index in [1.165, 1.54) is 17.0 Å². The number of nitrogens with zero attached hydrogens (tertiary/aromatic N) is 2. The Morgan fingerprint density at radius 2 is 1.49 bits per heavy atom. The summed E-state index contributed by atoms with van der Waals surface area (Å²) >= 11 is 16.2. The standard InChI is InChI=1S/C28H30BrCl2N3O4S/c1-18(2)32-28(36)20(4)33(16-24-25(30)6-5-7-26(24)31)27(35)17-34(22-12-10-21(29)11-13-22)39(37,38)23-14-8-19(3)9-15-23/h5-15,18,20H,16-17H2,1-4H3,(H,32,36)/t20-/m1/s1.